The zero-order chi connectivity index (χ0) is 16.9. The molecule has 0 saturated heterocycles. The maximum Gasteiger partial charge on any atom is 0.265 e. The molecule has 6 heteroatoms. The van der Waals surface area contributed by atoms with Crippen LogP contribution in [0.5, 0.6) is 5.75 Å². The quantitative estimate of drug-likeness (QED) is 0.728. The Kier molecular flexibility index (Phi) is 3.25. The van der Waals surface area contributed by atoms with Crippen LogP contribution in [-0.4, -0.2) is 15.5 Å². The van der Waals surface area contributed by atoms with E-state index < -0.39 is 15.8 Å². The highest BCUT2D eigenvalue weighted by Crippen LogP contribution is 2.42. The van der Waals surface area contributed by atoms with Gasteiger partial charge in [-0.3, -0.25) is 4.31 Å². The lowest BCUT2D eigenvalue weighted by atomic mass is 10.1. The standard InChI is InChI=1S/C18H14FNO3S/c1-23-16-9-8-12(10-14(16)19)11-20-15-6-2-4-13-5-3-7-17(18(13)15)24(20,21)22/h2-10H,11H2,1H3. The molecule has 1 aliphatic rings. The fourth-order valence-corrected chi connectivity index (χ4v) is 4.80. The van der Waals surface area contributed by atoms with E-state index in [0.717, 1.165) is 5.39 Å². The van der Waals surface area contributed by atoms with Crippen molar-refractivity contribution in [2.24, 2.45) is 0 Å². The topological polar surface area (TPSA) is 46.6 Å². The molecule has 0 bridgehead atoms. The van der Waals surface area contributed by atoms with E-state index in [-0.39, 0.29) is 12.3 Å². The number of rotatable bonds is 3. The SMILES string of the molecule is COc1ccc(CN2c3cccc4cccc(c34)S2(=O)=O)cc1F. The Morgan fingerprint density at radius 1 is 1.08 bits per heavy atom. The second-order valence-corrected chi connectivity index (χ2v) is 7.44. The maximum absolute atomic E-state index is 13.9. The monoisotopic (exact) mass is 343 g/mol. The fourth-order valence-electron chi connectivity index (χ4n) is 3.10. The average Bonchev–Trinajstić information content (AvgIpc) is 2.79. The van der Waals surface area contributed by atoms with Crippen LogP contribution in [0.25, 0.3) is 10.8 Å². The van der Waals surface area contributed by atoms with E-state index in [2.05, 4.69) is 0 Å². The van der Waals surface area contributed by atoms with E-state index in [1.54, 1.807) is 24.3 Å². The first-order valence-electron chi connectivity index (χ1n) is 7.39. The number of sulfonamides is 1. The van der Waals surface area contributed by atoms with Gasteiger partial charge in [-0.25, -0.2) is 12.8 Å². The van der Waals surface area contributed by atoms with Crippen molar-refractivity contribution >= 4 is 26.5 Å². The normalized spacial score (nSPS) is 15.0. The lowest BCUT2D eigenvalue weighted by Crippen LogP contribution is -2.26. The summed E-state index contributed by atoms with van der Waals surface area (Å²) in [4.78, 5) is 0.296. The van der Waals surface area contributed by atoms with Gasteiger partial charge in [0.15, 0.2) is 11.6 Å². The molecule has 1 aliphatic heterocycles. The van der Waals surface area contributed by atoms with E-state index in [1.807, 2.05) is 18.2 Å². The molecular weight excluding hydrogens is 329 g/mol. The van der Waals surface area contributed by atoms with Crippen LogP contribution in [0.15, 0.2) is 59.5 Å². The van der Waals surface area contributed by atoms with Crippen molar-refractivity contribution in [2.45, 2.75) is 11.4 Å². The highest BCUT2D eigenvalue weighted by Gasteiger charge is 2.35. The first-order chi connectivity index (χ1) is 11.5. The first kappa shape index (κ1) is 15.0. The molecule has 0 saturated carbocycles. The van der Waals surface area contributed by atoms with Crippen LogP contribution < -0.4 is 9.04 Å². The third-order valence-electron chi connectivity index (χ3n) is 4.22. The fraction of sp³-hybridized carbons (Fsp3) is 0.111. The Balaban J connectivity index is 1.83. The number of hydrogen-bond acceptors (Lipinski definition) is 3. The molecule has 0 atom stereocenters. The van der Waals surface area contributed by atoms with Crippen LogP contribution in [0.4, 0.5) is 10.1 Å². The predicted molar refractivity (Wildman–Crippen MR) is 90.3 cm³/mol. The molecule has 24 heavy (non-hydrogen) atoms. The molecule has 3 aromatic rings. The van der Waals surface area contributed by atoms with Crippen LogP contribution in [-0.2, 0) is 16.6 Å². The summed E-state index contributed by atoms with van der Waals surface area (Å²) in [5.74, 6) is -0.379. The number of anilines is 1. The van der Waals surface area contributed by atoms with E-state index in [9.17, 15) is 12.8 Å². The molecule has 0 spiro atoms. The Morgan fingerprint density at radius 3 is 2.54 bits per heavy atom. The lowest BCUT2D eigenvalue weighted by molar-refractivity contribution is 0.386. The van der Waals surface area contributed by atoms with Gasteiger partial charge in [-0.2, -0.15) is 0 Å². The summed E-state index contributed by atoms with van der Waals surface area (Å²) in [7, 11) is -2.26. The zero-order valence-electron chi connectivity index (χ0n) is 12.9. The summed E-state index contributed by atoms with van der Waals surface area (Å²) >= 11 is 0. The maximum atomic E-state index is 13.9. The second-order valence-electron chi connectivity index (χ2n) is 5.61. The van der Waals surface area contributed by atoms with Crippen LogP contribution in [0.2, 0.25) is 0 Å². The molecule has 0 aliphatic carbocycles. The third-order valence-corrected chi connectivity index (χ3v) is 6.03. The molecule has 0 N–H and O–H groups in total. The van der Waals surface area contributed by atoms with Crippen molar-refractivity contribution in [3.05, 3.63) is 66.0 Å². The summed E-state index contributed by atoms with van der Waals surface area (Å²) in [6.45, 7) is 0.0665. The molecule has 1 heterocycles. The first-order valence-corrected chi connectivity index (χ1v) is 8.83. The number of benzene rings is 3. The van der Waals surface area contributed by atoms with Gasteiger partial charge >= 0.3 is 0 Å². The molecule has 0 aromatic heterocycles. The van der Waals surface area contributed by atoms with Gasteiger partial charge in [0.05, 0.1) is 24.2 Å². The summed E-state index contributed by atoms with van der Waals surface area (Å²) in [6, 6.07) is 15.2. The minimum absolute atomic E-state index is 0.0665. The van der Waals surface area contributed by atoms with Crippen molar-refractivity contribution in [1.29, 1.82) is 0 Å². The number of hydrogen-bond donors (Lipinski definition) is 0. The lowest BCUT2D eigenvalue weighted by Gasteiger charge is -2.19. The van der Waals surface area contributed by atoms with Crippen LogP contribution in [0.3, 0.4) is 0 Å². The zero-order valence-corrected chi connectivity index (χ0v) is 13.7. The molecule has 4 nitrogen and oxygen atoms in total. The largest absolute Gasteiger partial charge is 0.494 e. The predicted octanol–water partition coefficient (Wildman–Crippen LogP) is 3.70. The molecular formula is C18H14FNO3S. The molecule has 0 fully saturated rings. The number of ether oxygens (including phenoxy) is 1. The molecule has 0 amide bonds. The van der Waals surface area contributed by atoms with Gasteiger partial charge in [0.25, 0.3) is 10.0 Å². The van der Waals surface area contributed by atoms with Crippen LogP contribution in [0, 0.1) is 5.82 Å². The number of nitrogens with zero attached hydrogens (tertiary/aromatic N) is 1. The molecule has 3 aromatic carbocycles. The van der Waals surface area contributed by atoms with Crippen molar-refractivity contribution < 1.29 is 17.5 Å². The van der Waals surface area contributed by atoms with Crippen molar-refractivity contribution in [3.63, 3.8) is 0 Å². The Bertz CT molecular complexity index is 1060. The van der Waals surface area contributed by atoms with Crippen LogP contribution in [0.1, 0.15) is 5.56 Å². The van der Waals surface area contributed by atoms with E-state index in [0.29, 0.717) is 21.5 Å². The average molecular weight is 343 g/mol. The van der Waals surface area contributed by atoms with Gasteiger partial charge in [-0.15, -0.1) is 0 Å². The van der Waals surface area contributed by atoms with E-state index in [1.165, 1.54) is 23.5 Å². The van der Waals surface area contributed by atoms with Gasteiger partial charge in [0.1, 0.15) is 0 Å². The Labute approximate surface area is 139 Å². The molecule has 122 valence electrons. The summed E-state index contributed by atoms with van der Waals surface area (Å²) in [5, 5.41) is 1.59. The smallest absolute Gasteiger partial charge is 0.265 e. The third kappa shape index (κ3) is 2.06. The Hall–Kier alpha value is -2.60. The Morgan fingerprint density at radius 2 is 1.83 bits per heavy atom. The van der Waals surface area contributed by atoms with Gasteiger partial charge in [0, 0.05) is 5.39 Å². The highest BCUT2D eigenvalue weighted by molar-refractivity contribution is 7.93. The van der Waals surface area contributed by atoms with Crippen molar-refractivity contribution in [2.75, 3.05) is 11.4 Å². The molecule has 0 radical (unpaired) electrons. The van der Waals surface area contributed by atoms with Gasteiger partial charge in [-0.05, 0) is 35.2 Å². The van der Waals surface area contributed by atoms with Crippen molar-refractivity contribution in [1.82, 2.24) is 0 Å². The summed E-state index contributed by atoms with van der Waals surface area (Å²) < 4.78 is 45.9. The summed E-state index contributed by atoms with van der Waals surface area (Å²) in [6.07, 6.45) is 0. The van der Waals surface area contributed by atoms with Gasteiger partial charge in [0.2, 0.25) is 0 Å². The van der Waals surface area contributed by atoms with Crippen molar-refractivity contribution in [3.8, 4) is 5.75 Å². The van der Waals surface area contributed by atoms with E-state index in [4.69, 9.17) is 4.74 Å². The van der Waals surface area contributed by atoms with Gasteiger partial charge in [-0.1, -0.05) is 30.3 Å². The second kappa shape index (κ2) is 5.21. The minimum Gasteiger partial charge on any atom is -0.494 e. The van der Waals surface area contributed by atoms with Gasteiger partial charge < -0.3 is 4.74 Å². The highest BCUT2D eigenvalue weighted by atomic mass is 32.2. The van der Waals surface area contributed by atoms with E-state index >= 15 is 0 Å². The molecule has 0 unspecified atom stereocenters. The van der Waals surface area contributed by atoms with Crippen LogP contribution >= 0.6 is 0 Å². The number of halogens is 1. The molecule has 4 rings (SSSR count). The minimum atomic E-state index is -3.65. The summed E-state index contributed by atoms with van der Waals surface area (Å²) in [5.41, 5.74) is 1.18. The number of methoxy groups -OCH3 is 1.